The van der Waals surface area contributed by atoms with Gasteiger partial charge in [-0.15, -0.1) is 0 Å². The molecular weight excluding hydrogens is 318 g/mol. The molecule has 1 spiro atoms. The second-order valence-corrected chi connectivity index (χ2v) is 7.28. The Kier molecular flexibility index (Phi) is 3.63. The number of nitrogens with zero attached hydrogens (tertiary/aromatic N) is 2. The number of piperidine rings is 1. The maximum atomic E-state index is 12.7. The molecule has 25 heavy (non-hydrogen) atoms. The molecule has 1 aromatic heterocycles. The molecule has 4 rings (SSSR count). The van der Waals surface area contributed by atoms with Crippen LogP contribution in [0.1, 0.15) is 35.3 Å². The van der Waals surface area contributed by atoms with Gasteiger partial charge in [0, 0.05) is 18.7 Å². The third-order valence-corrected chi connectivity index (χ3v) is 5.69. The van der Waals surface area contributed by atoms with Crippen molar-refractivity contribution in [1.29, 1.82) is 0 Å². The summed E-state index contributed by atoms with van der Waals surface area (Å²) in [4.78, 5) is 25.6. The fourth-order valence-corrected chi connectivity index (χ4v) is 3.88. The second-order valence-electron chi connectivity index (χ2n) is 7.28. The molecule has 2 fully saturated rings. The Balaban J connectivity index is 1.42. The number of hydrogen-bond acceptors (Lipinski definition) is 3. The van der Waals surface area contributed by atoms with Crippen LogP contribution in [-0.4, -0.2) is 45.2 Å². The molecule has 1 amide bonds. The molecule has 1 aliphatic carbocycles. The minimum atomic E-state index is -0.698. The largest absolute Gasteiger partial charge is 0.481 e. The van der Waals surface area contributed by atoms with Gasteiger partial charge in [0.15, 0.2) is 0 Å². The summed E-state index contributed by atoms with van der Waals surface area (Å²) in [6.45, 7) is 3.25. The maximum absolute atomic E-state index is 12.7. The summed E-state index contributed by atoms with van der Waals surface area (Å²) in [5.74, 6) is -0.977. The van der Waals surface area contributed by atoms with Crippen LogP contribution in [0.4, 0.5) is 0 Å². The van der Waals surface area contributed by atoms with E-state index in [2.05, 4.69) is 10.2 Å². The van der Waals surface area contributed by atoms with Crippen LogP contribution < -0.4 is 0 Å². The van der Waals surface area contributed by atoms with E-state index in [1.165, 1.54) is 5.56 Å². The van der Waals surface area contributed by atoms with E-state index >= 15 is 0 Å². The third-order valence-electron chi connectivity index (χ3n) is 5.69. The zero-order valence-corrected chi connectivity index (χ0v) is 14.2. The van der Waals surface area contributed by atoms with Gasteiger partial charge in [0.05, 0.1) is 11.6 Å². The fraction of sp³-hybridized carbons (Fsp3) is 0.421. The number of carbonyl (C=O) groups excluding carboxylic acids is 1. The minimum Gasteiger partial charge on any atom is -0.481 e. The molecule has 2 N–H and O–H groups in total. The van der Waals surface area contributed by atoms with Crippen molar-refractivity contribution in [3.63, 3.8) is 0 Å². The highest BCUT2D eigenvalue weighted by Crippen LogP contribution is 2.59. The van der Waals surface area contributed by atoms with Gasteiger partial charge in [-0.25, -0.2) is 0 Å². The second kappa shape index (κ2) is 5.72. The first-order valence-corrected chi connectivity index (χ1v) is 8.63. The highest BCUT2D eigenvalue weighted by atomic mass is 16.4. The molecule has 0 bridgehead atoms. The summed E-state index contributed by atoms with van der Waals surface area (Å²) in [6.07, 6.45) is 2.30. The van der Waals surface area contributed by atoms with Gasteiger partial charge in [0.1, 0.15) is 5.69 Å². The Morgan fingerprint density at radius 2 is 1.92 bits per heavy atom. The van der Waals surface area contributed by atoms with Crippen molar-refractivity contribution in [3.05, 3.63) is 41.6 Å². The Labute approximate surface area is 145 Å². The number of carbonyl (C=O) groups is 2. The molecule has 2 aromatic rings. The monoisotopic (exact) mass is 339 g/mol. The van der Waals surface area contributed by atoms with Gasteiger partial charge in [-0.1, -0.05) is 29.8 Å². The summed E-state index contributed by atoms with van der Waals surface area (Å²) in [5.41, 5.74) is 3.32. The van der Waals surface area contributed by atoms with E-state index in [0.29, 0.717) is 18.8 Å². The van der Waals surface area contributed by atoms with Crippen LogP contribution in [0.3, 0.4) is 0 Å². The van der Waals surface area contributed by atoms with E-state index in [4.69, 9.17) is 5.11 Å². The van der Waals surface area contributed by atoms with E-state index < -0.39 is 5.97 Å². The summed E-state index contributed by atoms with van der Waals surface area (Å²) in [5, 5.41) is 16.3. The smallest absolute Gasteiger partial charge is 0.307 e. The fourth-order valence-electron chi connectivity index (χ4n) is 3.88. The number of carboxylic acids is 1. The number of likely N-dealkylation sites (tertiary alicyclic amines) is 1. The summed E-state index contributed by atoms with van der Waals surface area (Å²) < 4.78 is 0. The molecule has 1 aliphatic heterocycles. The Morgan fingerprint density at radius 3 is 2.52 bits per heavy atom. The normalized spacial score (nSPS) is 21.3. The number of amides is 1. The topological polar surface area (TPSA) is 86.3 Å². The van der Waals surface area contributed by atoms with Crippen LogP contribution in [0, 0.1) is 18.3 Å². The molecule has 1 atom stereocenters. The molecule has 1 unspecified atom stereocenters. The number of hydrogen-bond donors (Lipinski definition) is 2. The lowest BCUT2D eigenvalue weighted by Gasteiger charge is -2.32. The van der Waals surface area contributed by atoms with Crippen molar-refractivity contribution in [3.8, 4) is 11.3 Å². The van der Waals surface area contributed by atoms with Crippen molar-refractivity contribution in [2.24, 2.45) is 11.3 Å². The van der Waals surface area contributed by atoms with E-state index in [1.54, 1.807) is 11.0 Å². The molecule has 2 aliphatic rings. The van der Waals surface area contributed by atoms with E-state index in [1.807, 2.05) is 31.2 Å². The Hall–Kier alpha value is -2.63. The molecule has 6 heteroatoms. The average Bonchev–Trinajstić information content (AvgIpc) is 3.09. The van der Waals surface area contributed by atoms with Crippen LogP contribution in [0.25, 0.3) is 11.3 Å². The first-order valence-electron chi connectivity index (χ1n) is 8.63. The van der Waals surface area contributed by atoms with Crippen molar-refractivity contribution >= 4 is 11.9 Å². The maximum Gasteiger partial charge on any atom is 0.307 e. The van der Waals surface area contributed by atoms with Crippen LogP contribution >= 0.6 is 0 Å². The number of benzene rings is 1. The molecule has 2 heterocycles. The Bertz CT molecular complexity index is 817. The van der Waals surface area contributed by atoms with Crippen molar-refractivity contribution in [2.45, 2.75) is 26.2 Å². The van der Waals surface area contributed by atoms with Gasteiger partial charge >= 0.3 is 5.97 Å². The molecular formula is C19H21N3O3. The standard InChI is InChI=1S/C19H21N3O3/c1-12-2-4-13(5-3-12)15-10-16(21-20-15)17(23)22-8-6-19(7-9-22)11-14(19)18(24)25/h2-5,10,14H,6-9,11H2,1H3,(H,20,21)(H,24,25). The number of nitrogens with one attached hydrogen (secondary N) is 1. The number of rotatable bonds is 3. The number of aliphatic carboxylic acids is 1. The number of carboxylic acid groups (broad SMARTS) is 1. The predicted molar refractivity (Wildman–Crippen MR) is 92.1 cm³/mol. The first-order chi connectivity index (χ1) is 12.0. The first kappa shape index (κ1) is 15.9. The highest BCUT2D eigenvalue weighted by Gasteiger charge is 2.59. The highest BCUT2D eigenvalue weighted by molar-refractivity contribution is 5.93. The lowest BCUT2D eigenvalue weighted by atomic mass is 9.90. The number of aromatic amines is 1. The number of aryl methyl sites for hydroxylation is 1. The van der Waals surface area contributed by atoms with Gasteiger partial charge < -0.3 is 10.0 Å². The summed E-state index contributed by atoms with van der Waals surface area (Å²) in [6, 6.07) is 9.80. The predicted octanol–water partition coefficient (Wildman–Crippen LogP) is 2.71. The SMILES string of the molecule is Cc1ccc(-c2cc(C(=O)N3CCC4(CC3)CC4C(=O)O)[nH]n2)cc1. The Morgan fingerprint density at radius 1 is 1.24 bits per heavy atom. The van der Waals surface area contributed by atoms with Crippen LogP contribution in [0.2, 0.25) is 0 Å². The zero-order chi connectivity index (χ0) is 17.6. The molecule has 6 nitrogen and oxygen atoms in total. The summed E-state index contributed by atoms with van der Waals surface area (Å²) >= 11 is 0. The van der Waals surface area contributed by atoms with Crippen LogP contribution in [-0.2, 0) is 4.79 Å². The lowest BCUT2D eigenvalue weighted by Crippen LogP contribution is -2.40. The molecule has 1 aromatic carbocycles. The minimum absolute atomic E-state index is 0.0618. The quantitative estimate of drug-likeness (QED) is 0.900. The zero-order valence-electron chi connectivity index (χ0n) is 14.2. The lowest BCUT2D eigenvalue weighted by molar-refractivity contribution is -0.139. The van der Waals surface area contributed by atoms with Gasteiger partial charge in [0.2, 0.25) is 0 Å². The molecule has 0 radical (unpaired) electrons. The third kappa shape index (κ3) is 2.81. The van der Waals surface area contributed by atoms with Crippen molar-refractivity contribution < 1.29 is 14.7 Å². The number of H-pyrrole nitrogens is 1. The van der Waals surface area contributed by atoms with Crippen molar-refractivity contribution in [2.75, 3.05) is 13.1 Å². The van der Waals surface area contributed by atoms with E-state index in [0.717, 1.165) is 30.5 Å². The molecule has 1 saturated heterocycles. The van der Waals surface area contributed by atoms with Crippen molar-refractivity contribution in [1.82, 2.24) is 15.1 Å². The van der Waals surface area contributed by atoms with Gasteiger partial charge in [-0.2, -0.15) is 5.10 Å². The number of aromatic nitrogens is 2. The van der Waals surface area contributed by atoms with Crippen LogP contribution in [0.5, 0.6) is 0 Å². The van der Waals surface area contributed by atoms with Gasteiger partial charge in [0.25, 0.3) is 5.91 Å². The van der Waals surface area contributed by atoms with Crippen LogP contribution in [0.15, 0.2) is 30.3 Å². The average molecular weight is 339 g/mol. The molecule has 130 valence electrons. The summed E-state index contributed by atoms with van der Waals surface area (Å²) in [7, 11) is 0. The van der Waals surface area contributed by atoms with E-state index in [9.17, 15) is 9.59 Å². The van der Waals surface area contributed by atoms with Gasteiger partial charge in [-0.05, 0) is 37.7 Å². The van der Waals surface area contributed by atoms with E-state index in [-0.39, 0.29) is 17.2 Å². The molecule has 1 saturated carbocycles. The van der Waals surface area contributed by atoms with Gasteiger partial charge in [-0.3, -0.25) is 14.7 Å².